The molecule has 1 N–H and O–H groups in total. The molecule has 0 spiro atoms. The molecule has 0 unspecified atom stereocenters. The molecule has 1 rings (SSSR count). The normalized spacial score (nSPS) is 25.5. The van der Waals surface area contributed by atoms with Crippen molar-refractivity contribution in [2.24, 2.45) is 17.3 Å². The third-order valence-electron chi connectivity index (χ3n) is 3.48. The molecule has 0 heterocycles. The molecule has 1 aliphatic carbocycles. The predicted octanol–water partition coefficient (Wildman–Crippen LogP) is 2.92. The maximum Gasteiger partial charge on any atom is 0.306 e. The van der Waals surface area contributed by atoms with E-state index in [2.05, 4.69) is 13.8 Å². The Bertz CT molecular complexity index is 186. The molecule has 0 saturated heterocycles. The fourth-order valence-electron chi connectivity index (χ4n) is 2.12. The highest BCUT2D eigenvalue weighted by atomic mass is 16.4. The molecule has 0 amide bonds. The SMILES string of the molecule is C[C@H](C(=O)O)C1CCC(C)(C)CC1. The van der Waals surface area contributed by atoms with Gasteiger partial charge in [-0.1, -0.05) is 20.8 Å². The monoisotopic (exact) mass is 184 g/mol. The first-order chi connectivity index (χ1) is 5.92. The highest BCUT2D eigenvalue weighted by molar-refractivity contribution is 5.69. The van der Waals surface area contributed by atoms with Crippen molar-refractivity contribution in [1.82, 2.24) is 0 Å². The van der Waals surface area contributed by atoms with E-state index in [1.54, 1.807) is 0 Å². The minimum absolute atomic E-state index is 0.156. The zero-order valence-corrected chi connectivity index (χ0v) is 8.84. The summed E-state index contributed by atoms with van der Waals surface area (Å²) in [4.78, 5) is 10.8. The second-order valence-electron chi connectivity index (χ2n) is 5.13. The fraction of sp³-hybridized carbons (Fsp3) is 0.909. The van der Waals surface area contributed by atoms with Crippen LogP contribution >= 0.6 is 0 Å². The van der Waals surface area contributed by atoms with Gasteiger partial charge in [0.2, 0.25) is 0 Å². The minimum Gasteiger partial charge on any atom is -0.481 e. The van der Waals surface area contributed by atoms with Crippen LogP contribution in [0.2, 0.25) is 0 Å². The lowest BCUT2D eigenvalue weighted by Gasteiger charge is -2.35. The lowest BCUT2D eigenvalue weighted by Crippen LogP contribution is -2.28. The molecule has 1 aliphatic rings. The van der Waals surface area contributed by atoms with Gasteiger partial charge in [-0.05, 0) is 37.0 Å². The lowest BCUT2D eigenvalue weighted by molar-refractivity contribution is -0.143. The van der Waals surface area contributed by atoms with Crippen molar-refractivity contribution in [3.8, 4) is 0 Å². The summed E-state index contributed by atoms with van der Waals surface area (Å²) in [5.74, 6) is -0.383. The minimum atomic E-state index is -0.635. The van der Waals surface area contributed by atoms with Gasteiger partial charge in [0.05, 0.1) is 5.92 Å². The van der Waals surface area contributed by atoms with Crippen molar-refractivity contribution in [3.05, 3.63) is 0 Å². The summed E-state index contributed by atoms with van der Waals surface area (Å²) in [6, 6.07) is 0. The van der Waals surface area contributed by atoms with E-state index in [1.807, 2.05) is 6.92 Å². The molecule has 0 aromatic rings. The number of hydrogen-bond acceptors (Lipinski definition) is 1. The second kappa shape index (κ2) is 3.69. The van der Waals surface area contributed by atoms with Gasteiger partial charge in [-0.25, -0.2) is 0 Å². The quantitative estimate of drug-likeness (QED) is 0.716. The van der Waals surface area contributed by atoms with Crippen LogP contribution in [0.15, 0.2) is 0 Å². The first-order valence-corrected chi connectivity index (χ1v) is 5.15. The standard InChI is InChI=1S/C11H20O2/c1-8(10(12)13)9-4-6-11(2,3)7-5-9/h8-9H,4-7H2,1-3H3,(H,12,13)/t8-/m0/s1. The van der Waals surface area contributed by atoms with Crippen LogP contribution in [0.1, 0.15) is 46.5 Å². The number of rotatable bonds is 2. The summed E-state index contributed by atoms with van der Waals surface area (Å²) in [6.07, 6.45) is 4.52. The molecule has 1 saturated carbocycles. The average Bonchev–Trinajstić information content (AvgIpc) is 2.03. The van der Waals surface area contributed by atoms with E-state index in [0.717, 1.165) is 12.8 Å². The Morgan fingerprint density at radius 2 is 1.85 bits per heavy atom. The lowest BCUT2D eigenvalue weighted by atomic mass is 9.70. The Balaban J connectivity index is 2.45. The average molecular weight is 184 g/mol. The van der Waals surface area contributed by atoms with Gasteiger partial charge in [-0.2, -0.15) is 0 Å². The molecular weight excluding hydrogens is 164 g/mol. The molecular formula is C11H20O2. The molecule has 0 aliphatic heterocycles. The van der Waals surface area contributed by atoms with E-state index in [4.69, 9.17) is 5.11 Å². The maximum absolute atomic E-state index is 10.8. The van der Waals surface area contributed by atoms with E-state index in [-0.39, 0.29) is 5.92 Å². The van der Waals surface area contributed by atoms with Crippen LogP contribution in [0.4, 0.5) is 0 Å². The summed E-state index contributed by atoms with van der Waals surface area (Å²) in [5.41, 5.74) is 0.439. The van der Waals surface area contributed by atoms with Crippen LogP contribution in [0.5, 0.6) is 0 Å². The van der Waals surface area contributed by atoms with Crippen LogP contribution in [0.25, 0.3) is 0 Å². The van der Waals surface area contributed by atoms with Crippen molar-refractivity contribution in [2.75, 3.05) is 0 Å². The highest BCUT2D eigenvalue weighted by Crippen LogP contribution is 2.40. The summed E-state index contributed by atoms with van der Waals surface area (Å²) >= 11 is 0. The zero-order chi connectivity index (χ0) is 10.1. The number of carboxylic acid groups (broad SMARTS) is 1. The van der Waals surface area contributed by atoms with E-state index in [1.165, 1.54) is 12.8 Å². The smallest absolute Gasteiger partial charge is 0.306 e. The Labute approximate surface area is 80.3 Å². The fourth-order valence-corrected chi connectivity index (χ4v) is 2.12. The van der Waals surface area contributed by atoms with Gasteiger partial charge in [-0.15, -0.1) is 0 Å². The van der Waals surface area contributed by atoms with Crippen molar-refractivity contribution < 1.29 is 9.90 Å². The molecule has 0 aromatic carbocycles. The molecule has 2 nitrogen and oxygen atoms in total. The Hall–Kier alpha value is -0.530. The summed E-state index contributed by atoms with van der Waals surface area (Å²) < 4.78 is 0. The zero-order valence-electron chi connectivity index (χ0n) is 8.84. The van der Waals surface area contributed by atoms with Gasteiger partial charge in [0.15, 0.2) is 0 Å². The Morgan fingerprint density at radius 1 is 1.38 bits per heavy atom. The summed E-state index contributed by atoms with van der Waals surface area (Å²) in [6.45, 7) is 6.38. The van der Waals surface area contributed by atoms with Gasteiger partial charge < -0.3 is 5.11 Å². The summed E-state index contributed by atoms with van der Waals surface area (Å²) in [7, 11) is 0. The molecule has 2 heteroatoms. The first kappa shape index (κ1) is 10.6. The van der Waals surface area contributed by atoms with Crippen molar-refractivity contribution in [1.29, 1.82) is 0 Å². The van der Waals surface area contributed by atoms with Crippen molar-refractivity contribution in [2.45, 2.75) is 46.5 Å². The Kier molecular flexibility index (Phi) is 2.99. The third kappa shape index (κ3) is 2.71. The molecule has 0 bridgehead atoms. The first-order valence-electron chi connectivity index (χ1n) is 5.15. The van der Waals surface area contributed by atoms with Gasteiger partial charge >= 0.3 is 5.97 Å². The van der Waals surface area contributed by atoms with Crippen LogP contribution in [0.3, 0.4) is 0 Å². The Morgan fingerprint density at radius 3 is 2.23 bits per heavy atom. The van der Waals surface area contributed by atoms with E-state index in [0.29, 0.717) is 11.3 Å². The third-order valence-corrected chi connectivity index (χ3v) is 3.48. The molecule has 0 aromatic heterocycles. The number of aliphatic carboxylic acids is 1. The van der Waals surface area contributed by atoms with Crippen LogP contribution < -0.4 is 0 Å². The van der Waals surface area contributed by atoms with E-state index >= 15 is 0 Å². The summed E-state index contributed by atoms with van der Waals surface area (Å²) in [5, 5.41) is 8.86. The molecule has 1 atom stereocenters. The van der Waals surface area contributed by atoms with Crippen LogP contribution in [0, 0.1) is 17.3 Å². The van der Waals surface area contributed by atoms with E-state index in [9.17, 15) is 4.79 Å². The molecule has 0 radical (unpaired) electrons. The largest absolute Gasteiger partial charge is 0.481 e. The van der Waals surface area contributed by atoms with Gasteiger partial charge in [0, 0.05) is 0 Å². The van der Waals surface area contributed by atoms with Crippen LogP contribution in [-0.4, -0.2) is 11.1 Å². The maximum atomic E-state index is 10.8. The number of hydrogen-bond donors (Lipinski definition) is 1. The van der Waals surface area contributed by atoms with Gasteiger partial charge in [-0.3, -0.25) is 4.79 Å². The van der Waals surface area contributed by atoms with Crippen molar-refractivity contribution >= 4 is 5.97 Å². The predicted molar refractivity (Wildman–Crippen MR) is 52.5 cm³/mol. The number of carbonyl (C=O) groups is 1. The van der Waals surface area contributed by atoms with Gasteiger partial charge in [0.1, 0.15) is 0 Å². The molecule has 1 fully saturated rings. The number of carboxylic acids is 1. The topological polar surface area (TPSA) is 37.3 Å². The molecule has 13 heavy (non-hydrogen) atoms. The van der Waals surface area contributed by atoms with Gasteiger partial charge in [0.25, 0.3) is 0 Å². The van der Waals surface area contributed by atoms with Crippen molar-refractivity contribution in [3.63, 3.8) is 0 Å². The second-order valence-corrected chi connectivity index (χ2v) is 5.13. The van der Waals surface area contributed by atoms with Crippen LogP contribution in [-0.2, 0) is 4.79 Å². The highest BCUT2D eigenvalue weighted by Gasteiger charge is 2.31. The molecule has 76 valence electrons. The van der Waals surface area contributed by atoms with E-state index < -0.39 is 5.97 Å².